The Morgan fingerprint density at radius 1 is 0.952 bits per heavy atom. The minimum atomic E-state index is -0.838. The Balaban J connectivity index is 1.69. The number of carbonyl (C=O) groups excluding carboxylic acids is 1. The number of methoxy groups -OCH3 is 2. The van der Waals surface area contributed by atoms with Crippen molar-refractivity contribution in [1.82, 2.24) is 14.6 Å². The summed E-state index contributed by atoms with van der Waals surface area (Å²) in [5, 5.41) is 4.81. The molecule has 1 aromatic heterocycles. The summed E-state index contributed by atoms with van der Waals surface area (Å²) in [6.45, 7) is 4.18. The first kappa shape index (κ1) is 28.8. The number of aromatic nitrogens is 2. The number of ether oxygens (including phenoxy) is 2. The van der Waals surface area contributed by atoms with Gasteiger partial charge >= 0.3 is 6.03 Å². The topological polar surface area (TPSA) is 92.2 Å². The number of urea groups is 1. The zero-order chi connectivity index (χ0) is 30.0. The zero-order valence-corrected chi connectivity index (χ0v) is 23.8. The van der Waals surface area contributed by atoms with Crippen LogP contribution in [-0.4, -0.2) is 68.0 Å². The smallest absolute Gasteiger partial charge is 0.327 e. The van der Waals surface area contributed by atoms with Crippen molar-refractivity contribution in [1.29, 1.82) is 0 Å². The summed E-state index contributed by atoms with van der Waals surface area (Å²) in [7, 11) is 4.99. The summed E-state index contributed by atoms with van der Waals surface area (Å²) < 4.78 is 40.3. The van der Waals surface area contributed by atoms with Crippen LogP contribution in [0.5, 0.6) is 11.5 Å². The zero-order valence-electron chi connectivity index (χ0n) is 23.8. The number of likely N-dealkylation sites (N-methyl/N-ethyl adjacent to an activating group) is 1. The Morgan fingerprint density at radius 3 is 2.31 bits per heavy atom. The van der Waals surface area contributed by atoms with Crippen molar-refractivity contribution in [2.45, 2.75) is 13.0 Å². The fourth-order valence-electron chi connectivity index (χ4n) is 5.02. The van der Waals surface area contributed by atoms with Gasteiger partial charge in [-0.2, -0.15) is 0 Å². The van der Waals surface area contributed by atoms with Gasteiger partial charge in [-0.25, -0.2) is 23.2 Å². The van der Waals surface area contributed by atoms with E-state index in [1.807, 2.05) is 12.1 Å². The predicted molar refractivity (Wildman–Crippen MR) is 157 cm³/mol. The summed E-state index contributed by atoms with van der Waals surface area (Å²) in [5.41, 5.74) is 0.606. The molecule has 0 spiro atoms. The lowest BCUT2D eigenvalue weighted by Gasteiger charge is -2.38. The van der Waals surface area contributed by atoms with E-state index in [1.165, 1.54) is 66.3 Å². The van der Waals surface area contributed by atoms with E-state index in [2.05, 4.69) is 10.2 Å². The molecule has 5 rings (SSSR count). The molecule has 1 aliphatic rings. The van der Waals surface area contributed by atoms with Gasteiger partial charge in [0.25, 0.3) is 5.56 Å². The lowest BCUT2D eigenvalue weighted by molar-refractivity contribution is 0.253. The van der Waals surface area contributed by atoms with Crippen LogP contribution in [0.1, 0.15) is 18.8 Å². The molecule has 4 aromatic rings. The number of fused-ring (bicyclic) bond motifs is 1. The first-order chi connectivity index (χ1) is 20.2. The second-order valence-corrected chi connectivity index (χ2v) is 10.0. The predicted octanol–water partition coefficient (Wildman–Crippen LogP) is 4.38. The first-order valence-electron chi connectivity index (χ1n) is 13.4. The highest BCUT2D eigenvalue weighted by Crippen LogP contribution is 2.37. The third-order valence-electron chi connectivity index (χ3n) is 7.32. The van der Waals surface area contributed by atoms with Gasteiger partial charge in [-0.05, 0) is 68.6 Å². The van der Waals surface area contributed by atoms with Crippen LogP contribution >= 0.6 is 0 Å². The number of hydrogen-bond acceptors (Lipinski definition) is 7. The Bertz CT molecular complexity index is 1650. The van der Waals surface area contributed by atoms with Gasteiger partial charge in [0.2, 0.25) is 0 Å². The van der Waals surface area contributed by atoms with Gasteiger partial charge in [0.05, 0.1) is 36.9 Å². The van der Waals surface area contributed by atoms with Crippen LogP contribution in [0.2, 0.25) is 0 Å². The van der Waals surface area contributed by atoms with E-state index in [0.29, 0.717) is 54.6 Å². The normalized spacial score (nSPS) is 14.5. The maximum atomic E-state index is 14.2. The maximum Gasteiger partial charge on any atom is 0.327 e. The maximum absolute atomic E-state index is 14.2. The van der Waals surface area contributed by atoms with Crippen LogP contribution in [0.15, 0.2) is 65.5 Å². The number of rotatable bonds is 7. The summed E-state index contributed by atoms with van der Waals surface area (Å²) in [4.78, 5) is 36.3. The number of halogens is 2. The quantitative estimate of drug-likeness (QED) is 0.348. The highest BCUT2D eigenvalue weighted by molar-refractivity contribution is 6.03. The van der Waals surface area contributed by atoms with Gasteiger partial charge in [-0.1, -0.05) is 0 Å². The highest BCUT2D eigenvalue weighted by atomic mass is 19.1. The Morgan fingerprint density at radius 2 is 1.64 bits per heavy atom. The van der Waals surface area contributed by atoms with E-state index in [1.54, 1.807) is 25.1 Å². The molecular formula is C30H32F2N6O4. The van der Waals surface area contributed by atoms with Crippen molar-refractivity contribution in [2.75, 3.05) is 62.7 Å². The fraction of sp³-hybridized carbons (Fsp3) is 0.300. The van der Waals surface area contributed by atoms with Crippen molar-refractivity contribution >= 4 is 28.3 Å². The van der Waals surface area contributed by atoms with Crippen molar-refractivity contribution in [3.05, 3.63) is 88.5 Å². The average Bonchev–Trinajstić information content (AvgIpc) is 2.99. The van der Waals surface area contributed by atoms with Crippen LogP contribution in [-0.2, 0) is 0 Å². The number of carbonyl (C=O) groups is 1. The molecule has 12 heteroatoms. The minimum absolute atomic E-state index is 0.134. The van der Waals surface area contributed by atoms with E-state index in [0.717, 1.165) is 0 Å². The summed E-state index contributed by atoms with van der Waals surface area (Å²) in [6, 6.07) is 12.8. The number of benzene rings is 3. The Labute approximate surface area is 241 Å². The van der Waals surface area contributed by atoms with Gasteiger partial charge in [0.1, 0.15) is 23.1 Å². The second kappa shape index (κ2) is 12.0. The van der Waals surface area contributed by atoms with Crippen molar-refractivity contribution in [3.63, 3.8) is 0 Å². The molecule has 0 bridgehead atoms. The minimum Gasteiger partial charge on any atom is -0.497 e. The molecule has 42 heavy (non-hydrogen) atoms. The highest BCUT2D eigenvalue weighted by Gasteiger charge is 2.32. The van der Waals surface area contributed by atoms with E-state index >= 15 is 0 Å². The molecule has 1 fully saturated rings. The molecule has 0 radical (unpaired) electrons. The van der Waals surface area contributed by atoms with Crippen LogP contribution < -0.4 is 30.3 Å². The second-order valence-electron chi connectivity index (χ2n) is 10.0. The van der Waals surface area contributed by atoms with E-state index in [9.17, 15) is 18.4 Å². The van der Waals surface area contributed by atoms with Crippen molar-refractivity contribution < 1.29 is 23.0 Å². The third-order valence-corrected chi connectivity index (χ3v) is 7.32. The van der Waals surface area contributed by atoms with Crippen molar-refractivity contribution in [3.8, 4) is 11.5 Å². The molecule has 0 saturated carbocycles. The van der Waals surface area contributed by atoms with Crippen LogP contribution in [0.4, 0.5) is 25.0 Å². The average molecular weight is 579 g/mol. The number of piperazine rings is 1. The molecular weight excluding hydrogens is 546 g/mol. The largest absolute Gasteiger partial charge is 0.497 e. The van der Waals surface area contributed by atoms with E-state index in [-0.39, 0.29) is 11.2 Å². The first-order valence-corrected chi connectivity index (χ1v) is 13.4. The number of anilines is 2. The third kappa shape index (κ3) is 5.70. The number of nitrogens with zero attached hydrogens (tertiary/aromatic N) is 5. The van der Waals surface area contributed by atoms with Gasteiger partial charge in [0, 0.05) is 37.9 Å². The summed E-state index contributed by atoms with van der Waals surface area (Å²) in [5.74, 6) is 0.142. The molecule has 3 aromatic carbocycles. The lowest BCUT2D eigenvalue weighted by atomic mass is 10.1. The molecule has 10 nitrogen and oxygen atoms in total. The summed E-state index contributed by atoms with van der Waals surface area (Å²) >= 11 is 0. The molecule has 1 unspecified atom stereocenters. The molecule has 2 heterocycles. The van der Waals surface area contributed by atoms with Gasteiger partial charge in [-0.3, -0.25) is 9.69 Å². The molecule has 2 amide bonds. The summed E-state index contributed by atoms with van der Waals surface area (Å²) in [6.07, 6.45) is 0. The van der Waals surface area contributed by atoms with Gasteiger partial charge in [0.15, 0.2) is 5.82 Å². The molecule has 1 saturated heterocycles. The molecule has 1 aliphatic heterocycles. The molecule has 0 aliphatic carbocycles. The van der Waals surface area contributed by atoms with Crippen LogP contribution in [0, 0.1) is 11.6 Å². The van der Waals surface area contributed by atoms with Crippen LogP contribution in [0.3, 0.4) is 0 Å². The van der Waals surface area contributed by atoms with Crippen molar-refractivity contribution in [2.24, 2.45) is 0 Å². The van der Waals surface area contributed by atoms with Gasteiger partial charge < -0.3 is 24.7 Å². The number of amides is 2. The lowest BCUT2D eigenvalue weighted by Crippen LogP contribution is -2.55. The van der Waals surface area contributed by atoms with E-state index < -0.39 is 29.3 Å². The SMILES string of the molecule is COc1ccc(N(C(=O)Nc2ccc(F)cc2)C(C)c2nc3ccc(F)cc3c(=O)n2N2CCN(C)CC2)c(OC)c1. The van der Waals surface area contributed by atoms with E-state index in [4.69, 9.17) is 14.5 Å². The standard InChI is InChI=1S/C30H32F2N6O4/c1-19(28-34-25-11-7-21(32)17-24(25)29(39)38(28)36-15-13-35(2)14-16-36)37(26-12-10-23(41-3)18-27(26)42-4)30(40)33-22-8-5-20(31)6-9-22/h5-12,17-19H,13-16H2,1-4H3,(H,33,40). The van der Waals surface area contributed by atoms with Crippen LogP contribution in [0.25, 0.3) is 10.9 Å². The Hall–Kier alpha value is -4.71. The fourth-order valence-corrected chi connectivity index (χ4v) is 5.02. The monoisotopic (exact) mass is 578 g/mol. The molecule has 220 valence electrons. The Kier molecular flexibility index (Phi) is 8.25. The number of hydrogen-bond donors (Lipinski definition) is 1. The molecule has 1 atom stereocenters. The molecule has 1 N–H and O–H groups in total. The van der Waals surface area contributed by atoms with Gasteiger partial charge in [-0.15, -0.1) is 0 Å². The number of nitrogens with one attached hydrogen (secondary N) is 1.